The summed E-state index contributed by atoms with van der Waals surface area (Å²) in [6.07, 6.45) is 2.73. The van der Waals surface area contributed by atoms with Gasteiger partial charge in [0.05, 0.1) is 6.04 Å². The molecule has 1 unspecified atom stereocenters. The smallest absolute Gasteiger partial charge is 0.315 e. The molecule has 0 aromatic heterocycles. The Kier molecular flexibility index (Phi) is 4.64. The minimum absolute atomic E-state index is 0.0870. The minimum Gasteiger partial charge on any atom is -0.338 e. The molecule has 2 aromatic carbocycles. The van der Waals surface area contributed by atoms with Gasteiger partial charge in [0, 0.05) is 11.6 Å². The van der Waals surface area contributed by atoms with Crippen LogP contribution >= 0.6 is 11.6 Å². The average molecular weight is 315 g/mol. The van der Waals surface area contributed by atoms with Crippen molar-refractivity contribution in [2.24, 2.45) is 0 Å². The van der Waals surface area contributed by atoms with E-state index in [0.29, 0.717) is 6.54 Å². The maximum Gasteiger partial charge on any atom is 0.315 e. The molecule has 3 nitrogen and oxygen atoms in total. The molecule has 114 valence electrons. The molecule has 2 amide bonds. The number of nitrogens with one attached hydrogen (secondary N) is 2. The summed E-state index contributed by atoms with van der Waals surface area (Å²) < 4.78 is 0. The fourth-order valence-corrected chi connectivity index (χ4v) is 3.11. The molecule has 0 aliphatic heterocycles. The first kappa shape index (κ1) is 14.9. The Morgan fingerprint density at radius 1 is 1.18 bits per heavy atom. The SMILES string of the molecule is O=C(NCCc1ccccc1)NC1CCc2cc(Cl)ccc21. The molecule has 0 saturated carbocycles. The Hall–Kier alpha value is -2.00. The lowest BCUT2D eigenvalue weighted by atomic mass is 10.1. The number of benzene rings is 2. The van der Waals surface area contributed by atoms with Gasteiger partial charge in [0.2, 0.25) is 0 Å². The zero-order valence-electron chi connectivity index (χ0n) is 12.3. The van der Waals surface area contributed by atoms with Crippen molar-refractivity contribution in [3.63, 3.8) is 0 Å². The Morgan fingerprint density at radius 3 is 2.82 bits per heavy atom. The molecular weight excluding hydrogens is 296 g/mol. The molecule has 1 aliphatic carbocycles. The summed E-state index contributed by atoms with van der Waals surface area (Å²) in [5.74, 6) is 0. The van der Waals surface area contributed by atoms with E-state index >= 15 is 0 Å². The number of carbonyl (C=O) groups excluding carboxylic acids is 1. The minimum atomic E-state index is -0.108. The summed E-state index contributed by atoms with van der Waals surface area (Å²) in [6.45, 7) is 0.635. The predicted octanol–water partition coefficient (Wildman–Crippen LogP) is 3.87. The van der Waals surface area contributed by atoms with Crippen LogP contribution in [0.4, 0.5) is 4.79 Å². The fourth-order valence-electron chi connectivity index (χ4n) is 2.91. The molecule has 0 radical (unpaired) electrons. The molecule has 22 heavy (non-hydrogen) atoms. The molecule has 0 fully saturated rings. The van der Waals surface area contributed by atoms with E-state index in [1.165, 1.54) is 16.7 Å². The molecule has 0 bridgehead atoms. The summed E-state index contributed by atoms with van der Waals surface area (Å²) in [4.78, 5) is 12.0. The van der Waals surface area contributed by atoms with Crippen LogP contribution in [0.2, 0.25) is 5.02 Å². The van der Waals surface area contributed by atoms with Gasteiger partial charge in [-0.2, -0.15) is 0 Å². The summed E-state index contributed by atoms with van der Waals surface area (Å²) in [5, 5.41) is 6.73. The predicted molar refractivity (Wildman–Crippen MR) is 89.2 cm³/mol. The van der Waals surface area contributed by atoms with Crippen molar-refractivity contribution in [3.8, 4) is 0 Å². The fraction of sp³-hybridized carbons (Fsp3) is 0.278. The quantitative estimate of drug-likeness (QED) is 0.883. The van der Waals surface area contributed by atoms with E-state index < -0.39 is 0 Å². The van der Waals surface area contributed by atoms with Gasteiger partial charge in [-0.05, 0) is 48.1 Å². The Morgan fingerprint density at radius 2 is 2.00 bits per heavy atom. The van der Waals surface area contributed by atoms with Crippen molar-refractivity contribution < 1.29 is 4.79 Å². The lowest BCUT2D eigenvalue weighted by molar-refractivity contribution is 0.237. The Labute approximate surface area is 135 Å². The number of amides is 2. The number of carbonyl (C=O) groups is 1. The molecule has 4 heteroatoms. The number of aryl methyl sites for hydroxylation is 1. The maximum absolute atomic E-state index is 12.0. The summed E-state index contributed by atoms with van der Waals surface area (Å²) in [5.41, 5.74) is 3.65. The topological polar surface area (TPSA) is 41.1 Å². The van der Waals surface area contributed by atoms with Gasteiger partial charge in [0.15, 0.2) is 0 Å². The van der Waals surface area contributed by atoms with Crippen molar-refractivity contribution >= 4 is 17.6 Å². The van der Waals surface area contributed by atoms with Crippen LogP contribution in [0.5, 0.6) is 0 Å². The number of hydrogen-bond acceptors (Lipinski definition) is 1. The standard InChI is InChI=1S/C18H19ClN2O/c19-15-7-8-16-14(12-15)6-9-17(16)21-18(22)20-11-10-13-4-2-1-3-5-13/h1-5,7-8,12,17H,6,9-11H2,(H2,20,21,22). The van der Waals surface area contributed by atoms with E-state index in [2.05, 4.69) is 22.8 Å². The molecule has 3 rings (SSSR count). The highest BCUT2D eigenvalue weighted by Crippen LogP contribution is 2.32. The van der Waals surface area contributed by atoms with E-state index in [-0.39, 0.29) is 12.1 Å². The maximum atomic E-state index is 12.0. The van der Waals surface area contributed by atoms with E-state index in [0.717, 1.165) is 24.3 Å². The first-order chi connectivity index (χ1) is 10.7. The molecule has 2 aromatic rings. The van der Waals surface area contributed by atoms with Crippen molar-refractivity contribution in [2.45, 2.75) is 25.3 Å². The number of rotatable bonds is 4. The van der Waals surface area contributed by atoms with Crippen LogP contribution < -0.4 is 10.6 Å². The lowest BCUT2D eigenvalue weighted by Crippen LogP contribution is -2.38. The second-order valence-electron chi connectivity index (χ2n) is 5.57. The molecule has 1 aliphatic rings. The number of fused-ring (bicyclic) bond motifs is 1. The number of halogens is 1. The van der Waals surface area contributed by atoms with Crippen LogP contribution in [0.1, 0.15) is 29.2 Å². The van der Waals surface area contributed by atoms with E-state index in [1.807, 2.05) is 36.4 Å². The van der Waals surface area contributed by atoms with Crippen molar-refractivity contribution in [1.82, 2.24) is 10.6 Å². The average Bonchev–Trinajstić information content (AvgIpc) is 2.90. The van der Waals surface area contributed by atoms with Crippen LogP contribution in [0.15, 0.2) is 48.5 Å². The van der Waals surface area contributed by atoms with Gasteiger partial charge < -0.3 is 10.6 Å². The van der Waals surface area contributed by atoms with Crippen LogP contribution in [-0.4, -0.2) is 12.6 Å². The third-order valence-corrected chi connectivity index (χ3v) is 4.27. The van der Waals surface area contributed by atoms with Crippen molar-refractivity contribution in [3.05, 3.63) is 70.2 Å². The van der Waals surface area contributed by atoms with Gasteiger partial charge in [-0.25, -0.2) is 4.79 Å². The van der Waals surface area contributed by atoms with E-state index in [1.54, 1.807) is 0 Å². The zero-order valence-corrected chi connectivity index (χ0v) is 13.1. The first-order valence-electron chi connectivity index (χ1n) is 7.59. The first-order valence-corrected chi connectivity index (χ1v) is 7.97. The van der Waals surface area contributed by atoms with Crippen LogP contribution in [-0.2, 0) is 12.8 Å². The van der Waals surface area contributed by atoms with Gasteiger partial charge in [-0.1, -0.05) is 48.0 Å². The highest BCUT2D eigenvalue weighted by Gasteiger charge is 2.23. The Bertz CT molecular complexity index is 657. The van der Waals surface area contributed by atoms with Gasteiger partial charge in [0.25, 0.3) is 0 Å². The summed E-state index contributed by atoms with van der Waals surface area (Å²) in [7, 11) is 0. The van der Waals surface area contributed by atoms with E-state index in [4.69, 9.17) is 11.6 Å². The molecule has 0 heterocycles. The highest BCUT2D eigenvalue weighted by atomic mass is 35.5. The molecular formula is C18H19ClN2O. The lowest BCUT2D eigenvalue weighted by Gasteiger charge is -2.15. The summed E-state index contributed by atoms with van der Waals surface area (Å²) in [6, 6.07) is 16.0. The van der Waals surface area contributed by atoms with Crippen molar-refractivity contribution in [1.29, 1.82) is 0 Å². The zero-order chi connectivity index (χ0) is 15.4. The van der Waals surface area contributed by atoms with Crippen molar-refractivity contribution in [2.75, 3.05) is 6.54 Å². The normalized spacial score (nSPS) is 16.1. The summed E-state index contributed by atoms with van der Waals surface area (Å²) >= 11 is 6.00. The van der Waals surface area contributed by atoms with Gasteiger partial charge in [-0.15, -0.1) is 0 Å². The van der Waals surface area contributed by atoms with Crippen LogP contribution in [0, 0.1) is 0 Å². The van der Waals surface area contributed by atoms with Crippen LogP contribution in [0.25, 0.3) is 0 Å². The molecule has 2 N–H and O–H groups in total. The molecule has 0 saturated heterocycles. The van der Waals surface area contributed by atoms with Gasteiger partial charge in [0.1, 0.15) is 0 Å². The third kappa shape index (κ3) is 3.60. The number of hydrogen-bond donors (Lipinski definition) is 2. The second-order valence-corrected chi connectivity index (χ2v) is 6.01. The monoisotopic (exact) mass is 314 g/mol. The highest BCUT2D eigenvalue weighted by molar-refractivity contribution is 6.30. The second kappa shape index (κ2) is 6.84. The van der Waals surface area contributed by atoms with Gasteiger partial charge in [-0.3, -0.25) is 0 Å². The number of urea groups is 1. The van der Waals surface area contributed by atoms with E-state index in [9.17, 15) is 4.79 Å². The van der Waals surface area contributed by atoms with Crippen LogP contribution in [0.3, 0.4) is 0 Å². The van der Waals surface area contributed by atoms with Gasteiger partial charge >= 0.3 is 6.03 Å². The molecule has 0 spiro atoms. The third-order valence-electron chi connectivity index (χ3n) is 4.03. The largest absolute Gasteiger partial charge is 0.338 e. The molecule has 1 atom stereocenters. The Balaban J connectivity index is 1.49.